The van der Waals surface area contributed by atoms with Gasteiger partial charge in [0.05, 0.1) is 0 Å². The molecule has 1 aromatic carbocycles. The number of rotatable bonds is 3. The van der Waals surface area contributed by atoms with E-state index in [1.54, 1.807) is 24.3 Å². The van der Waals surface area contributed by atoms with Crippen molar-refractivity contribution in [3.8, 4) is 11.5 Å². The molecule has 6 heteroatoms. The normalized spacial score (nSPS) is 19.3. The maximum atomic E-state index is 12.0. The van der Waals surface area contributed by atoms with E-state index < -0.39 is 12.0 Å². The number of allylic oxidation sites excluding steroid dienone is 3. The fourth-order valence-corrected chi connectivity index (χ4v) is 2.42. The van der Waals surface area contributed by atoms with Crippen LogP contribution in [0.2, 0.25) is 0 Å². The first-order chi connectivity index (χ1) is 11.2. The van der Waals surface area contributed by atoms with Crippen molar-refractivity contribution >= 4 is 11.8 Å². The first-order valence-electron chi connectivity index (χ1n) is 7.58. The number of amides is 2. The standard InChI is InChI=1S/C17H18N2O4/c20-16(10-9-12-5-1-2-6-12)18-19-17(21)15-11-22-13-7-3-4-8-14(13)23-15/h3-5,7-10,15H,1-2,6,11H2,(H,18,20)(H,19,21)/b10-9+. The first kappa shape index (κ1) is 15.1. The molecule has 6 nitrogen and oxygen atoms in total. The largest absolute Gasteiger partial charge is 0.485 e. The monoisotopic (exact) mass is 314 g/mol. The molecule has 120 valence electrons. The lowest BCUT2D eigenvalue weighted by Gasteiger charge is -2.25. The number of para-hydroxylation sites is 2. The summed E-state index contributed by atoms with van der Waals surface area (Å²) >= 11 is 0. The maximum Gasteiger partial charge on any atom is 0.283 e. The third-order valence-electron chi connectivity index (χ3n) is 3.63. The number of benzene rings is 1. The lowest BCUT2D eigenvalue weighted by atomic mass is 10.2. The Morgan fingerprint density at radius 1 is 1.17 bits per heavy atom. The molecule has 0 spiro atoms. The van der Waals surface area contributed by atoms with Crippen LogP contribution >= 0.6 is 0 Å². The predicted molar refractivity (Wildman–Crippen MR) is 83.7 cm³/mol. The summed E-state index contributed by atoms with van der Waals surface area (Å²) in [7, 11) is 0. The Balaban J connectivity index is 1.47. The van der Waals surface area contributed by atoms with Crippen molar-refractivity contribution in [2.45, 2.75) is 25.4 Å². The molecule has 2 aliphatic rings. The quantitative estimate of drug-likeness (QED) is 0.657. The van der Waals surface area contributed by atoms with Gasteiger partial charge in [-0.25, -0.2) is 0 Å². The Hall–Kier alpha value is -2.76. The van der Waals surface area contributed by atoms with Crippen LogP contribution in [0.25, 0.3) is 0 Å². The number of ether oxygens (including phenoxy) is 2. The number of carbonyl (C=O) groups is 2. The molecule has 0 saturated carbocycles. The van der Waals surface area contributed by atoms with Gasteiger partial charge < -0.3 is 9.47 Å². The smallest absolute Gasteiger partial charge is 0.283 e. The van der Waals surface area contributed by atoms with Gasteiger partial charge in [-0.15, -0.1) is 0 Å². The minimum Gasteiger partial charge on any atom is -0.485 e. The molecule has 2 amide bonds. The highest BCUT2D eigenvalue weighted by atomic mass is 16.6. The van der Waals surface area contributed by atoms with Crippen LogP contribution in [0.4, 0.5) is 0 Å². The summed E-state index contributed by atoms with van der Waals surface area (Å²) in [6.45, 7) is 0.0987. The molecule has 23 heavy (non-hydrogen) atoms. The zero-order valence-electron chi connectivity index (χ0n) is 12.6. The van der Waals surface area contributed by atoms with Gasteiger partial charge in [0.25, 0.3) is 11.8 Å². The highest BCUT2D eigenvalue weighted by Crippen LogP contribution is 2.30. The van der Waals surface area contributed by atoms with Crippen LogP contribution in [-0.2, 0) is 9.59 Å². The molecule has 1 atom stereocenters. The highest BCUT2D eigenvalue weighted by Gasteiger charge is 2.27. The molecule has 1 aliphatic heterocycles. The second-order valence-electron chi connectivity index (χ2n) is 5.35. The van der Waals surface area contributed by atoms with Gasteiger partial charge in [-0.05, 0) is 31.4 Å². The first-order valence-corrected chi connectivity index (χ1v) is 7.58. The lowest BCUT2D eigenvalue weighted by Crippen LogP contribution is -2.50. The Kier molecular flexibility index (Phi) is 4.61. The third kappa shape index (κ3) is 3.91. The second-order valence-corrected chi connectivity index (χ2v) is 5.35. The van der Waals surface area contributed by atoms with Crippen molar-refractivity contribution in [2.75, 3.05) is 6.61 Å². The van der Waals surface area contributed by atoms with Crippen molar-refractivity contribution < 1.29 is 19.1 Å². The molecule has 1 aromatic rings. The molecular formula is C17H18N2O4. The number of hydrogen-bond acceptors (Lipinski definition) is 4. The third-order valence-corrected chi connectivity index (χ3v) is 3.63. The molecule has 0 aromatic heterocycles. The summed E-state index contributed by atoms with van der Waals surface area (Å²) < 4.78 is 11.0. The van der Waals surface area contributed by atoms with Gasteiger partial charge >= 0.3 is 0 Å². The Morgan fingerprint density at radius 3 is 2.78 bits per heavy atom. The Labute approximate surface area is 134 Å². The minimum absolute atomic E-state index is 0.0987. The average Bonchev–Trinajstić information content (AvgIpc) is 3.11. The fraction of sp³-hybridized carbons (Fsp3) is 0.294. The summed E-state index contributed by atoms with van der Waals surface area (Å²) in [5.41, 5.74) is 5.83. The molecule has 0 fully saturated rings. The highest BCUT2D eigenvalue weighted by molar-refractivity contribution is 5.91. The number of hydrogen-bond donors (Lipinski definition) is 2. The molecule has 0 saturated heterocycles. The van der Waals surface area contributed by atoms with Gasteiger partial charge in [-0.1, -0.05) is 29.9 Å². The van der Waals surface area contributed by atoms with E-state index in [0.717, 1.165) is 24.8 Å². The molecule has 2 N–H and O–H groups in total. The lowest BCUT2D eigenvalue weighted by molar-refractivity contribution is -0.134. The Bertz CT molecular complexity index is 666. The molecule has 3 rings (SSSR count). The van der Waals surface area contributed by atoms with Gasteiger partial charge in [0.1, 0.15) is 6.61 Å². The van der Waals surface area contributed by atoms with Gasteiger partial charge in [-0.2, -0.15) is 0 Å². The van der Waals surface area contributed by atoms with E-state index in [9.17, 15) is 9.59 Å². The van der Waals surface area contributed by atoms with Crippen molar-refractivity contribution in [1.29, 1.82) is 0 Å². The summed E-state index contributed by atoms with van der Waals surface area (Å²) in [6.07, 6.45) is 7.65. The maximum absolute atomic E-state index is 12.0. The van der Waals surface area contributed by atoms with Crippen LogP contribution in [-0.4, -0.2) is 24.5 Å². The molecule has 1 heterocycles. The zero-order valence-corrected chi connectivity index (χ0v) is 12.6. The zero-order chi connectivity index (χ0) is 16.1. The SMILES string of the molecule is O=C(/C=C/C1=CCCC1)NNC(=O)C1COc2ccccc2O1. The van der Waals surface area contributed by atoms with Gasteiger partial charge in [0, 0.05) is 6.08 Å². The molecule has 0 bridgehead atoms. The van der Waals surface area contributed by atoms with Crippen LogP contribution in [0.1, 0.15) is 19.3 Å². The van der Waals surface area contributed by atoms with Gasteiger partial charge in [0.2, 0.25) is 6.10 Å². The Morgan fingerprint density at radius 2 is 2.00 bits per heavy atom. The minimum atomic E-state index is -0.799. The van der Waals surface area contributed by atoms with Gasteiger partial charge in [-0.3, -0.25) is 20.4 Å². The van der Waals surface area contributed by atoms with Crippen LogP contribution in [0.5, 0.6) is 11.5 Å². The van der Waals surface area contributed by atoms with Crippen LogP contribution in [0.15, 0.2) is 48.1 Å². The summed E-state index contributed by atoms with van der Waals surface area (Å²) in [4.78, 5) is 23.7. The second kappa shape index (κ2) is 7.00. The van der Waals surface area contributed by atoms with Crippen LogP contribution < -0.4 is 20.3 Å². The van der Waals surface area contributed by atoms with Crippen molar-refractivity contribution in [1.82, 2.24) is 10.9 Å². The van der Waals surface area contributed by atoms with E-state index in [-0.39, 0.29) is 12.5 Å². The summed E-state index contributed by atoms with van der Waals surface area (Å²) in [5.74, 6) is 0.274. The van der Waals surface area contributed by atoms with E-state index in [0.29, 0.717) is 11.5 Å². The number of carbonyl (C=O) groups excluding carboxylic acids is 2. The van der Waals surface area contributed by atoms with Crippen molar-refractivity contribution in [3.05, 3.63) is 48.1 Å². The van der Waals surface area contributed by atoms with Crippen molar-refractivity contribution in [3.63, 3.8) is 0 Å². The molecular weight excluding hydrogens is 296 g/mol. The predicted octanol–water partition coefficient (Wildman–Crippen LogP) is 1.64. The topological polar surface area (TPSA) is 76.7 Å². The van der Waals surface area contributed by atoms with E-state index in [4.69, 9.17) is 9.47 Å². The van der Waals surface area contributed by atoms with E-state index in [1.165, 1.54) is 6.08 Å². The molecule has 0 radical (unpaired) electrons. The van der Waals surface area contributed by atoms with E-state index in [2.05, 4.69) is 16.9 Å². The summed E-state index contributed by atoms with van der Waals surface area (Å²) in [6, 6.07) is 7.13. The van der Waals surface area contributed by atoms with E-state index >= 15 is 0 Å². The summed E-state index contributed by atoms with van der Waals surface area (Å²) in [5, 5.41) is 0. The number of nitrogens with one attached hydrogen (secondary N) is 2. The van der Waals surface area contributed by atoms with Crippen LogP contribution in [0.3, 0.4) is 0 Å². The van der Waals surface area contributed by atoms with Crippen LogP contribution in [0, 0.1) is 0 Å². The molecule has 1 aliphatic carbocycles. The number of hydrazine groups is 1. The average molecular weight is 314 g/mol. The van der Waals surface area contributed by atoms with Crippen molar-refractivity contribution in [2.24, 2.45) is 0 Å². The van der Waals surface area contributed by atoms with Gasteiger partial charge in [0.15, 0.2) is 11.5 Å². The molecule has 1 unspecified atom stereocenters. The number of fused-ring (bicyclic) bond motifs is 1. The fourth-order valence-electron chi connectivity index (χ4n) is 2.42. The van der Waals surface area contributed by atoms with E-state index in [1.807, 2.05) is 6.07 Å².